The molecule has 0 saturated heterocycles. The minimum atomic E-state index is 0.857. The van der Waals surface area contributed by atoms with Gasteiger partial charge in [0, 0.05) is 11.4 Å². The molecule has 0 aromatic rings. The summed E-state index contributed by atoms with van der Waals surface area (Å²) in [4.78, 5) is 0. The summed E-state index contributed by atoms with van der Waals surface area (Å²) < 4.78 is 0. The zero-order valence-electron chi connectivity index (χ0n) is 6.19. The van der Waals surface area contributed by atoms with Gasteiger partial charge in [-0.3, -0.25) is 0 Å². The molecule has 56 valence electrons. The second kappa shape index (κ2) is 3.40. The molecule has 0 heterocycles. The SMILES string of the molecule is N=C1CCC/C=C(\N)CC1. The molecule has 0 unspecified atom stereocenters. The number of nitrogens with two attached hydrogens (primary N) is 1. The molecule has 0 radical (unpaired) electrons. The zero-order chi connectivity index (χ0) is 7.40. The number of hydrogen-bond donors (Lipinski definition) is 2. The third-order valence-corrected chi connectivity index (χ3v) is 1.80. The number of nitrogens with one attached hydrogen (secondary N) is 1. The summed E-state index contributed by atoms with van der Waals surface area (Å²) in [6, 6.07) is 0. The minimum Gasteiger partial charge on any atom is -0.402 e. The van der Waals surface area contributed by atoms with E-state index in [1.54, 1.807) is 0 Å². The zero-order valence-corrected chi connectivity index (χ0v) is 6.19. The van der Waals surface area contributed by atoms with E-state index < -0.39 is 0 Å². The predicted molar refractivity (Wildman–Crippen MR) is 43.1 cm³/mol. The Kier molecular flexibility index (Phi) is 2.49. The monoisotopic (exact) mass is 138 g/mol. The van der Waals surface area contributed by atoms with Gasteiger partial charge in [-0.1, -0.05) is 6.08 Å². The Hall–Kier alpha value is -0.790. The van der Waals surface area contributed by atoms with Gasteiger partial charge in [-0.2, -0.15) is 0 Å². The lowest BCUT2D eigenvalue weighted by Gasteiger charge is -2.07. The van der Waals surface area contributed by atoms with Gasteiger partial charge in [-0.05, 0) is 32.1 Å². The Morgan fingerprint density at radius 3 is 2.90 bits per heavy atom. The van der Waals surface area contributed by atoms with E-state index in [0.717, 1.165) is 43.5 Å². The van der Waals surface area contributed by atoms with Gasteiger partial charge in [0.15, 0.2) is 0 Å². The fourth-order valence-corrected chi connectivity index (χ4v) is 1.13. The highest BCUT2D eigenvalue weighted by molar-refractivity contribution is 5.81. The van der Waals surface area contributed by atoms with Gasteiger partial charge >= 0.3 is 0 Å². The molecule has 0 aliphatic heterocycles. The predicted octanol–water partition coefficient (Wildman–Crippen LogP) is 1.81. The lowest BCUT2D eigenvalue weighted by molar-refractivity contribution is 0.817. The maximum Gasteiger partial charge on any atom is 0.00931 e. The van der Waals surface area contributed by atoms with E-state index >= 15 is 0 Å². The quantitative estimate of drug-likeness (QED) is 0.527. The van der Waals surface area contributed by atoms with Gasteiger partial charge in [0.2, 0.25) is 0 Å². The Morgan fingerprint density at radius 1 is 1.30 bits per heavy atom. The third-order valence-electron chi connectivity index (χ3n) is 1.80. The molecule has 10 heavy (non-hydrogen) atoms. The van der Waals surface area contributed by atoms with Crippen LogP contribution in [0.1, 0.15) is 32.1 Å². The van der Waals surface area contributed by atoms with Crippen LogP contribution in [-0.2, 0) is 0 Å². The molecular formula is C8H14N2. The highest BCUT2D eigenvalue weighted by Gasteiger charge is 2.01. The second-order valence-electron chi connectivity index (χ2n) is 2.77. The summed E-state index contributed by atoms with van der Waals surface area (Å²) in [6.45, 7) is 0. The average Bonchev–Trinajstić information content (AvgIpc) is 1.90. The minimum absolute atomic E-state index is 0.857. The highest BCUT2D eigenvalue weighted by atomic mass is 14.6. The largest absolute Gasteiger partial charge is 0.402 e. The van der Waals surface area contributed by atoms with Crippen molar-refractivity contribution in [2.24, 2.45) is 5.73 Å². The number of allylic oxidation sites excluding steroid dienone is 2. The fourth-order valence-electron chi connectivity index (χ4n) is 1.13. The molecule has 1 rings (SSSR count). The van der Waals surface area contributed by atoms with Crippen LogP contribution in [0.3, 0.4) is 0 Å². The van der Waals surface area contributed by atoms with Crippen LogP contribution in [0, 0.1) is 5.41 Å². The van der Waals surface area contributed by atoms with E-state index in [-0.39, 0.29) is 0 Å². The standard InChI is InChI=1S/C8H14N2/c9-7-3-1-2-4-8(10)6-5-7/h3,10H,1-2,4-6,9H2/b7-3-,10-8?. The molecule has 1 aliphatic carbocycles. The van der Waals surface area contributed by atoms with Crippen LogP contribution < -0.4 is 5.73 Å². The van der Waals surface area contributed by atoms with Crippen molar-refractivity contribution in [1.29, 1.82) is 5.41 Å². The van der Waals surface area contributed by atoms with E-state index in [1.165, 1.54) is 0 Å². The molecule has 2 nitrogen and oxygen atoms in total. The van der Waals surface area contributed by atoms with E-state index in [1.807, 2.05) is 0 Å². The van der Waals surface area contributed by atoms with E-state index in [9.17, 15) is 0 Å². The van der Waals surface area contributed by atoms with E-state index in [4.69, 9.17) is 11.1 Å². The summed E-state index contributed by atoms with van der Waals surface area (Å²) in [6.07, 6.45) is 6.95. The third kappa shape index (κ3) is 2.21. The first-order valence-corrected chi connectivity index (χ1v) is 3.80. The maximum atomic E-state index is 7.43. The van der Waals surface area contributed by atoms with Crippen LogP contribution in [-0.4, -0.2) is 5.71 Å². The van der Waals surface area contributed by atoms with Crippen molar-refractivity contribution in [3.8, 4) is 0 Å². The summed E-state index contributed by atoms with van der Waals surface area (Å²) in [5, 5.41) is 7.43. The molecule has 0 aromatic heterocycles. The van der Waals surface area contributed by atoms with Crippen LogP contribution in [0.2, 0.25) is 0 Å². The maximum absolute atomic E-state index is 7.43. The normalized spacial score (nSPS) is 26.4. The first-order chi connectivity index (χ1) is 4.79. The first-order valence-electron chi connectivity index (χ1n) is 3.80. The lowest BCUT2D eigenvalue weighted by atomic mass is 10.0. The van der Waals surface area contributed by atoms with Gasteiger partial charge in [0.25, 0.3) is 0 Å². The molecule has 2 heteroatoms. The van der Waals surface area contributed by atoms with Crippen molar-refractivity contribution in [3.05, 3.63) is 11.8 Å². The van der Waals surface area contributed by atoms with E-state index in [0.29, 0.717) is 0 Å². The molecule has 0 saturated carbocycles. The lowest BCUT2D eigenvalue weighted by Crippen LogP contribution is -2.05. The van der Waals surface area contributed by atoms with Crippen molar-refractivity contribution < 1.29 is 0 Å². The molecule has 3 N–H and O–H groups in total. The number of rotatable bonds is 0. The molecule has 0 aromatic carbocycles. The van der Waals surface area contributed by atoms with Crippen molar-refractivity contribution in [2.45, 2.75) is 32.1 Å². The molecular weight excluding hydrogens is 124 g/mol. The van der Waals surface area contributed by atoms with Crippen LogP contribution >= 0.6 is 0 Å². The van der Waals surface area contributed by atoms with Crippen molar-refractivity contribution in [2.75, 3.05) is 0 Å². The topological polar surface area (TPSA) is 49.9 Å². The molecule has 1 aliphatic rings. The van der Waals surface area contributed by atoms with Gasteiger partial charge < -0.3 is 11.1 Å². The van der Waals surface area contributed by atoms with Crippen LogP contribution in [0.4, 0.5) is 0 Å². The average molecular weight is 138 g/mol. The Labute approximate surface area is 61.6 Å². The molecule has 0 amide bonds. The van der Waals surface area contributed by atoms with Crippen LogP contribution in [0.5, 0.6) is 0 Å². The number of hydrogen-bond acceptors (Lipinski definition) is 2. The molecule has 0 spiro atoms. The van der Waals surface area contributed by atoms with Gasteiger partial charge in [-0.25, -0.2) is 0 Å². The summed E-state index contributed by atoms with van der Waals surface area (Å²) in [7, 11) is 0. The smallest absolute Gasteiger partial charge is 0.00931 e. The summed E-state index contributed by atoms with van der Waals surface area (Å²) >= 11 is 0. The van der Waals surface area contributed by atoms with Crippen molar-refractivity contribution in [1.82, 2.24) is 0 Å². The summed E-state index contributed by atoms with van der Waals surface area (Å²) in [5.41, 5.74) is 7.45. The Balaban J connectivity index is 2.46. The molecule has 0 bridgehead atoms. The fraction of sp³-hybridized carbons (Fsp3) is 0.625. The summed E-state index contributed by atoms with van der Waals surface area (Å²) in [5.74, 6) is 0. The van der Waals surface area contributed by atoms with Crippen molar-refractivity contribution >= 4 is 5.71 Å². The second-order valence-corrected chi connectivity index (χ2v) is 2.77. The van der Waals surface area contributed by atoms with Crippen molar-refractivity contribution in [3.63, 3.8) is 0 Å². The van der Waals surface area contributed by atoms with Gasteiger partial charge in [0.05, 0.1) is 0 Å². The van der Waals surface area contributed by atoms with Gasteiger partial charge in [-0.15, -0.1) is 0 Å². The molecule has 0 atom stereocenters. The Morgan fingerprint density at radius 2 is 2.10 bits per heavy atom. The first kappa shape index (κ1) is 7.32. The highest BCUT2D eigenvalue weighted by Crippen LogP contribution is 2.10. The van der Waals surface area contributed by atoms with Crippen LogP contribution in [0.25, 0.3) is 0 Å². The van der Waals surface area contributed by atoms with Crippen LogP contribution in [0.15, 0.2) is 11.8 Å². The Bertz CT molecular complexity index is 159. The molecule has 0 fully saturated rings. The van der Waals surface area contributed by atoms with Gasteiger partial charge in [0.1, 0.15) is 0 Å². The van der Waals surface area contributed by atoms with E-state index in [2.05, 4.69) is 6.08 Å².